The highest BCUT2D eigenvalue weighted by Gasteiger charge is 2.42. The van der Waals surface area contributed by atoms with E-state index in [1.54, 1.807) is 20.8 Å². The van der Waals surface area contributed by atoms with Crippen molar-refractivity contribution in [2.24, 2.45) is 5.73 Å². The molecule has 4 N–H and O–H groups in total. The van der Waals surface area contributed by atoms with Crippen LogP contribution in [-0.2, 0) is 19.1 Å². The lowest BCUT2D eigenvalue weighted by Gasteiger charge is -2.43. The topological polar surface area (TPSA) is 131 Å². The lowest BCUT2D eigenvalue weighted by molar-refractivity contribution is -0.149. The Hall–Kier alpha value is -3.10. The molecule has 1 fully saturated rings. The summed E-state index contributed by atoms with van der Waals surface area (Å²) in [5, 5.41) is 5.69. The highest BCUT2D eigenvalue weighted by molar-refractivity contribution is 5.95. The molecule has 0 heterocycles. The van der Waals surface area contributed by atoms with Gasteiger partial charge in [-0.2, -0.15) is 0 Å². The number of amides is 4. The van der Waals surface area contributed by atoms with Crippen LogP contribution in [0.4, 0.5) is 4.79 Å². The minimum Gasteiger partial charge on any atom is -0.444 e. The van der Waals surface area contributed by atoms with Crippen molar-refractivity contribution < 1.29 is 23.9 Å². The summed E-state index contributed by atoms with van der Waals surface area (Å²) in [7, 11) is 0. The van der Waals surface area contributed by atoms with Gasteiger partial charge in [0.05, 0.1) is 6.42 Å². The maximum Gasteiger partial charge on any atom is 0.408 e. The normalized spacial score (nSPS) is 16.2. The molecule has 0 aliphatic heterocycles. The molecule has 2 atom stereocenters. The number of alkyl carbamates (subject to hydrolysis) is 1. The van der Waals surface area contributed by atoms with E-state index < -0.39 is 47.6 Å². The lowest BCUT2D eigenvalue weighted by Crippen LogP contribution is -2.59. The third-order valence-corrected chi connectivity index (χ3v) is 6.66. The zero-order chi connectivity index (χ0) is 28.8. The van der Waals surface area contributed by atoms with Gasteiger partial charge in [0.2, 0.25) is 17.7 Å². The molecule has 1 aromatic carbocycles. The highest BCUT2D eigenvalue weighted by Crippen LogP contribution is 2.32. The van der Waals surface area contributed by atoms with Gasteiger partial charge in [-0.15, -0.1) is 0 Å². The summed E-state index contributed by atoms with van der Waals surface area (Å²) < 4.78 is 5.34. The number of nitrogens with one attached hydrogen (secondary N) is 2. The summed E-state index contributed by atoms with van der Waals surface area (Å²) in [5.74, 6) is -1.65. The molecule has 0 bridgehead atoms. The summed E-state index contributed by atoms with van der Waals surface area (Å²) in [5.41, 5.74) is 6.51. The molecule has 0 saturated heterocycles. The van der Waals surface area contributed by atoms with Gasteiger partial charge in [-0.3, -0.25) is 14.4 Å². The number of aryl methyl sites for hydroxylation is 2. The van der Waals surface area contributed by atoms with Gasteiger partial charge in [-0.05, 0) is 84.9 Å². The Kier molecular flexibility index (Phi) is 10.3. The van der Waals surface area contributed by atoms with Gasteiger partial charge < -0.3 is 26.0 Å². The fourth-order valence-electron chi connectivity index (χ4n) is 4.74. The first kappa shape index (κ1) is 31.1. The van der Waals surface area contributed by atoms with Crippen LogP contribution in [0, 0.1) is 13.8 Å². The minimum absolute atomic E-state index is 0.0310. The fraction of sp³-hybridized carbons (Fsp3) is 0.655. The van der Waals surface area contributed by atoms with E-state index >= 15 is 0 Å². The number of carbonyl (C=O) groups is 4. The maximum atomic E-state index is 14.2. The van der Waals surface area contributed by atoms with Gasteiger partial charge in [0, 0.05) is 11.6 Å². The third kappa shape index (κ3) is 9.03. The van der Waals surface area contributed by atoms with E-state index in [4.69, 9.17) is 10.5 Å². The number of nitrogens with two attached hydrogens (primary N) is 1. The number of hydrogen-bond donors (Lipinski definition) is 3. The number of carbonyl (C=O) groups excluding carboxylic acids is 4. The molecule has 1 saturated carbocycles. The van der Waals surface area contributed by atoms with E-state index in [1.807, 2.05) is 52.8 Å². The van der Waals surface area contributed by atoms with Gasteiger partial charge in [0.25, 0.3) is 0 Å². The quantitative estimate of drug-likeness (QED) is 0.464. The minimum atomic E-state index is -1.31. The molecule has 2 unspecified atom stereocenters. The van der Waals surface area contributed by atoms with Gasteiger partial charge in [-0.1, -0.05) is 37.5 Å². The standard InChI is InChI=1S/C29H46N4O5/c1-18-14-15-20(16-19(18)2)24(25(35)31-21-12-10-9-11-13-21)33(28(3,4)5)26(36)22(17-23(30)34)32-27(37)38-29(6,7)8/h14-16,21-22,24H,9-13,17H2,1-8H3,(H2,30,34)(H,31,35)(H,32,37). The molecule has 38 heavy (non-hydrogen) atoms. The van der Waals surface area contributed by atoms with E-state index in [-0.39, 0.29) is 11.9 Å². The first-order chi connectivity index (χ1) is 17.5. The summed E-state index contributed by atoms with van der Waals surface area (Å²) in [4.78, 5) is 54.1. The molecule has 1 aromatic rings. The van der Waals surface area contributed by atoms with Crippen LogP contribution in [0.3, 0.4) is 0 Å². The number of primary amides is 1. The fourth-order valence-corrected chi connectivity index (χ4v) is 4.74. The second-order valence-electron chi connectivity index (χ2n) is 12.3. The Balaban J connectivity index is 2.55. The van der Waals surface area contributed by atoms with Crippen molar-refractivity contribution in [3.05, 3.63) is 34.9 Å². The Bertz CT molecular complexity index is 1020. The van der Waals surface area contributed by atoms with Crippen LogP contribution < -0.4 is 16.4 Å². The van der Waals surface area contributed by atoms with Crippen LogP contribution in [0.5, 0.6) is 0 Å². The van der Waals surface area contributed by atoms with Crippen LogP contribution in [0.1, 0.15) is 103 Å². The van der Waals surface area contributed by atoms with Gasteiger partial charge in [0.15, 0.2) is 0 Å². The molecule has 1 aliphatic carbocycles. The molecule has 0 aromatic heterocycles. The molecular weight excluding hydrogens is 484 g/mol. The van der Waals surface area contributed by atoms with Crippen molar-refractivity contribution in [2.75, 3.05) is 0 Å². The largest absolute Gasteiger partial charge is 0.444 e. The van der Waals surface area contributed by atoms with Crippen molar-refractivity contribution in [3.8, 4) is 0 Å². The van der Waals surface area contributed by atoms with Gasteiger partial charge in [0.1, 0.15) is 17.7 Å². The van der Waals surface area contributed by atoms with Crippen molar-refractivity contribution in [1.29, 1.82) is 0 Å². The number of hydrogen-bond acceptors (Lipinski definition) is 5. The summed E-state index contributed by atoms with van der Waals surface area (Å²) in [6.45, 7) is 14.5. The molecule has 2 rings (SSSR count). The Morgan fingerprint density at radius 2 is 1.61 bits per heavy atom. The predicted molar refractivity (Wildman–Crippen MR) is 147 cm³/mol. The monoisotopic (exact) mass is 530 g/mol. The maximum absolute atomic E-state index is 14.2. The average Bonchev–Trinajstić information content (AvgIpc) is 2.76. The average molecular weight is 531 g/mol. The second-order valence-corrected chi connectivity index (χ2v) is 12.3. The van der Waals surface area contributed by atoms with Crippen molar-refractivity contribution in [2.45, 2.75) is 123 Å². The lowest BCUT2D eigenvalue weighted by atomic mass is 9.91. The Labute approximate surface area is 227 Å². The number of nitrogens with zero attached hydrogens (tertiary/aromatic N) is 1. The first-order valence-electron chi connectivity index (χ1n) is 13.5. The van der Waals surface area contributed by atoms with E-state index in [0.29, 0.717) is 5.56 Å². The number of benzene rings is 1. The molecule has 9 heteroatoms. The van der Waals surface area contributed by atoms with Gasteiger partial charge in [-0.25, -0.2) is 4.79 Å². The van der Waals surface area contributed by atoms with Crippen LogP contribution in [0.2, 0.25) is 0 Å². The van der Waals surface area contributed by atoms with E-state index in [2.05, 4.69) is 10.6 Å². The van der Waals surface area contributed by atoms with Crippen LogP contribution in [0.15, 0.2) is 18.2 Å². The first-order valence-corrected chi connectivity index (χ1v) is 13.5. The summed E-state index contributed by atoms with van der Waals surface area (Å²) in [6.07, 6.45) is 3.72. The Morgan fingerprint density at radius 1 is 1.00 bits per heavy atom. The molecule has 1 aliphatic rings. The smallest absolute Gasteiger partial charge is 0.408 e. The molecular formula is C29H46N4O5. The van der Waals surface area contributed by atoms with Gasteiger partial charge >= 0.3 is 6.09 Å². The molecule has 9 nitrogen and oxygen atoms in total. The van der Waals surface area contributed by atoms with Crippen LogP contribution in [0.25, 0.3) is 0 Å². The van der Waals surface area contributed by atoms with Crippen molar-refractivity contribution >= 4 is 23.8 Å². The number of rotatable bonds is 8. The predicted octanol–water partition coefficient (Wildman–Crippen LogP) is 4.19. The molecule has 0 spiro atoms. The van der Waals surface area contributed by atoms with Crippen molar-refractivity contribution in [1.82, 2.24) is 15.5 Å². The second kappa shape index (κ2) is 12.6. The highest BCUT2D eigenvalue weighted by atomic mass is 16.6. The van der Waals surface area contributed by atoms with E-state index in [1.165, 1.54) is 4.90 Å². The summed E-state index contributed by atoms with van der Waals surface area (Å²) >= 11 is 0. The zero-order valence-electron chi connectivity index (χ0n) is 24.3. The van der Waals surface area contributed by atoms with Crippen LogP contribution >= 0.6 is 0 Å². The third-order valence-electron chi connectivity index (χ3n) is 6.66. The number of ether oxygens (including phenoxy) is 1. The summed E-state index contributed by atoms with van der Waals surface area (Å²) in [6, 6.07) is 3.43. The van der Waals surface area contributed by atoms with E-state index in [9.17, 15) is 19.2 Å². The molecule has 0 radical (unpaired) electrons. The zero-order valence-corrected chi connectivity index (χ0v) is 24.3. The van der Waals surface area contributed by atoms with Crippen molar-refractivity contribution in [3.63, 3.8) is 0 Å². The molecule has 4 amide bonds. The Morgan fingerprint density at radius 3 is 2.11 bits per heavy atom. The molecule has 212 valence electrons. The SMILES string of the molecule is Cc1ccc(C(C(=O)NC2CCCCC2)N(C(=O)C(CC(N)=O)NC(=O)OC(C)(C)C)C(C)(C)C)cc1C. The van der Waals surface area contributed by atoms with Crippen LogP contribution in [-0.4, -0.2) is 51.9 Å². The van der Waals surface area contributed by atoms with E-state index in [0.717, 1.165) is 43.2 Å².